The Bertz CT molecular complexity index is 1060. The topological polar surface area (TPSA) is 77.0 Å². The minimum atomic E-state index is -4.60. The second kappa shape index (κ2) is 8.37. The highest BCUT2D eigenvalue weighted by Crippen LogP contribution is 2.48. The number of aryl methyl sites for hydroxylation is 1. The summed E-state index contributed by atoms with van der Waals surface area (Å²) in [5.74, 6) is 1.07. The summed E-state index contributed by atoms with van der Waals surface area (Å²) in [7, 11) is 1.62. The van der Waals surface area contributed by atoms with Crippen molar-refractivity contribution in [1.29, 1.82) is 0 Å². The minimum Gasteiger partial charge on any atom is -0.342 e. The molecule has 4 rings (SSSR count). The van der Waals surface area contributed by atoms with Crippen LogP contribution in [0, 0.1) is 18.3 Å². The van der Waals surface area contributed by atoms with Gasteiger partial charge in [-0.05, 0) is 56.1 Å². The molecule has 1 saturated heterocycles. The third-order valence-corrected chi connectivity index (χ3v) is 8.33. The lowest BCUT2D eigenvalue weighted by atomic mass is 9.73. The lowest BCUT2D eigenvalue weighted by molar-refractivity contribution is -0.143. The van der Waals surface area contributed by atoms with Crippen LogP contribution in [0.25, 0.3) is 0 Å². The molecule has 1 saturated carbocycles. The molecule has 174 valence electrons. The van der Waals surface area contributed by atoms with Gasteiger partial charge in [-0.1, -0.05) is 18.7 Å². The Hall–Kier alpha value is -2.07. The molecule has 3 heterocycles. The first-order chi connectivity index (χ1) is 15.0. The summed E-state index contributed by atoms with van der Waals surface area (Å²) in [6.07, 6.45) is 0.689. The first-order valence-corrected chi connectivity index (χ1v) is 11.6. The molecule has 32 heavy (non-hydrogen) atoms. The van der Waals surface area contributed by atoms with Crippen molar-refractivity contribution in [2.45, 2.75) is 61.5 Å². The van der Waals surface area contributed by atoms with Crippen molar-refractivity contribution in [3.63, 3.8) is 0 Å². The highest BCUT2D eigenvalue weighted by Gasteiger charge is 2.46. The van der Waals surface area contributed by atoms with E-state index in [4.69, 9.17) is 5.73 Å². The van der Waals surface area contributed by atoms with E-state index >= 15 is 0 Å². The molecule has 2 aromatic heterocycles. The molecule has 2 aromatic rings. The van der Waals surface area contributed by atoms with E-state index in [0.717, 1.165) is 56.7 Å². The zero-order chi connectivity index (χ0) is 23.3. The molecule has 2 atom stereocenters. The van der Waals surface area contributed by atoms with Crippen molar-refractivity contribution in [2.75, 3.05) is 18.0 Å². The van der Waals surface area contributed by atoms with Gasteiger partial charge < -0.3 is 10.6 Å². The second-order valence-corrected chi connectivity index (χ2v) is 10.1. The van der Waals surface area contributed by atoms with Gasteiger partial charge in [-0.25, -0.2) is 4.98 Å². The van der Waals surface area contributed by atoms with Gasteiger partial charge in [0.15, 0.2) is 5.69 Å². The van der Waals surface area contributed by atoms with Gasteiger partial charge in [-0.2, -0.15) is 13.2 Å². The van der Waals surface area contributed by atoms with E-state index in [1.807, 2.05) is 0 Å². The highest BCUT2D eigenvalue weighted by atomic mass is 32.2. The Labute approximate surface area is 189 Å². The quantitative estimate of drug-likeness (QED) is 0.736. The number of alkyl halides is 3. The van der Waals surface area contributed by atoms with Gasteiger partial charge in [0.2, 0.25) is 5.95 Å². The average molecular weight is 468 g/mol. The van der Waals surface area contributed by atoms with E-state index in [0.29, 0.717) is 17.6 Å². The Morgan fingerprint density at radius 3 is 2.53 bits per heavy atom. The average Bonchev–Trinajstić information content (AvgIpc) is 3.02. The molecule has 1 spiro atoms. The van der Waals surface area contributed by atoms with Crippen LogP contribution in [-0.4, -0.2) is 33.7 Å². The molecule has 6 nitrogen and oxygen atoms in total. The van der Waals surface area contributed by atoms with E-state index in [-0.39, 0.29) is 26.8 Å². The molecule has 0 bridgehead atoms. The van der Waals surface area contributed by atoms with E-state index in [1.54, 1.807) is 14.0 Å². The SMILES string of the molecule is Cc1nc(N2CCC3(CC[C@@H](C)[C@H]3N)CC2)n(C)c(=O)c1Sc1cccnc1C(F)(F)F. The number of nitrogens with two attached hydrogens (primary N) is 1. The van der Waals surface area contributed by atoms with Crippen molar-refractivity contribution in [3.05, 3.63) is 40.1 Å². The lowest BCUT2D eigenvalue weighted by Crippen LogP contribution is -2.49. The van der Waals surface area contributed by atoms with Gasteiger partial charge in [0.05, 0.1) is 10.6 Å². The fourth-order valence-electron chi connectivity index (χ4n) is 5.07. The molecule has 10 heteroatoms. The summed E-state index contributed by atoms with van der Waals surface area (Å²) in [5.41, 5.74) is 5.72. The van der Waals surface area contributed by atoms with Crippen molar-refractivity contribution >= 4 is 17.7 Å². The zero-order valence-electron chi connectivity index (χ0n) is 18.4. The molecule has 2 aliphatic rings. The van der Waals surface area contributed by atoms with Gasteiger partial charge in [-0.3, -0.25) is 14.3 Å². The van der Waals surface area contributed by atoms with Crippen LogP contribution in [0.3, 0.4) is 0 Å². The molecule has 1 aliphatic heterocycles. The molecule has 2 fully saturated rings. The molecular weight excluding hydrogens is 439 g/mol. The number of halogens is 3. The third kappa shape index (κ3) is 4.03. The van der Waals surface area contributed by atoms with Crippen LogP contribution in [-0.2, 0) is 13.2 Å². The molecule has 0 radical (unpaired) electrons. The zero-order valence-corrected chi connectivity index (χ0v) is 19.3. The number of hydrogen-bond acceptors (Lipinski definition) is 6. The van der Waals surface area contributed by atoms with Crippen LogP contribution in [0.1, 0.15) is 44.0 Å². The summed E-state index contributed by atoms with van der Waals surface area (Å²) in [6, 6.07) is 2.95. The van der Waals surface area contributed by atoms with Crippen LogP contribution >= 0.6 is 11.8 Å². The summed E-state index contributed by atoms with van der Waals surface area (Å²) < 4.78 is 41.4. The van der Waals surface area contributed by atoms with E-state index < -0.39 is 11.9 Å². The summed E-state index contributed by atoms with van der Waals surface area (Å²) in [4.78, 5) is 23.4. The van der Waals surface area contributed by atoms with E-state index in [9.17, 15) is 18.0 Å². The number of anilines is 1. The fraction of sp³-hybridized carbons (Fsp3) is 0.591. The van der Waals surface area contributed by atoms with Crippen molar-refractivity contribution in [1.82, 2.24) is 14.5 Å². The number of aromatic nitrogens is 3. The first kappa shape index (κ1) is 23.1. The van der Waals surface area contributed by atoms with E-state index in [2.05, 4.69) is 21.8 Å². The number of nitrogens with zero attached hydrogens (tertiary/aromatic N) is 4. The number of piperidine rings is 1. The first-order valence-electron chi connectivity index (χ1n) is 10.8. The largest absolute Gasteiger partial charge is 0.434 e. The lowest BCUT2D eigenvalue weighted by Gasteiger charge is -2.43. The van der Waals surface area contributed by atoms with Gasteiger partial charge in [-0.15, -0.1) is 0 Å². The predicted octanol–water partition coefficient (Wildman–Crippen LogP) is 4.00. The fourth-order valence-corrected chi connectivity index (χ4v) is 6.12. The Balaban J connectivity index is 1.59. The maximum atomic E-state index is 13.3. The maximum absolute atomic E-state index is 13.3. The molecule has 0 aromatic carbocycles. The van der Waals surface area contributed by atoms with Gasteiger partial charge >= 0.3 is 6.18 Å². The number of pyridine rings is 1. The van der Waals surface area contributed by atoms with Gasteiger partial charge in [0, 0.05) is 37.3 Å². The predicted molar refractivity (Wildman–Crippen MR) is 118 cm³/mol. The van der Waals surface area contributed by atoms with Gasteiger partial charge in [0.1, 0.15) is 0 Å². The van der Waals surface area contributed by atoms with Crippen LogP contribution < -0.4 is 16.2 Å². The van der Waals surface area contributed by atoms with Crippen LogP contribution in [0.4, 0.5) is 19.1 Å². The van der Waals surface area contributed by atoms with Gasteiger partial charge in [0.25, 0.3) is 5.56 Å². The molecular formula is C22H28F3N5OS. The van der Waals surface area contributed by atoms with Crippen molar-refractivity contribution in [2.24, 2.45) is 24.1 Å². The van der Waals surface area contributed by atoms with Crippen molar-refractivity contribution < 1.29 is 13.2 Å². The second-order valence-electron chi connectivity index (χ2n) is 9.03. The van der Waals surface area contributed by atoms with E-state index in [1.165, 1.54) is 16.7 Å². The smallest absolute Gasteiger partial charge is 0.342 e. The highest BCUT2D eigenvalue weighted by molar-refractivity contribution is 7.99. The molecule has 0 amide bonds. The standard InChI is InChI=1S/C22H28F3N5OS/c1-13-6-7-21(17(13)26)8-11-30(12-9-21)20-28-14(2)16(19(31)29(20)3)32-15-5-4-10-27-18(15)22(23,24)25/h4-5,10,13,17H,6-9,11-12,26H2,1-3H3/t13-,17-/m1/s1. The van der Waals surface area contributed by atoms with Crippen LogP contribution in [0.5, 0.6) is 0 Å². The number of hydrogen-bond donors (Lipinski definition) is 1. The normalized spacial score (nSPS) is 23.2. The monoisotopic (exact) mass is 467 g/mol. The number of rotatable bonds is 3. The summed E-state index contributed by atoms with van der Waals surface area (Å²) in [6.45, 7) is 5.39. The Morgan fingerprint density at radius 1 is 1.25 bits per heavy atom. The minimum absolute atomic E-state index is 0.112. The molecule has 2 N–H and O–H groups in total. The van der Waals surface area contributed by atoms with Crippen molar-refractivity contribution in [3.8, 4) is 0 Å². The Kier molecular flexibility index (Phi) is 6.04. The molecule has 1 aliphatic carbocycles. The Morgan fingerprint density at radius 2 is 1.94 bits per heavy atom. The third-order valence-electron chi connectivity index (χ3n) is 7.11. The maximum Gasteiger partial charge on any atom is 0.434 e. The summed E-state index contributed by atoms with van der Waals surface area (Å²) >= 11 is 0.766. The van der Waals surface area contributed by atoms with Crippen LogP contribution in [0.2, 0.25) is 0 Å². The molecule has 0 unspecified atom stereocenters. The van der Waals surface area contributed by atoms with Crippen LogP contribution in [0.15, 0.2) is 32.9 Å². The summed E-state index contributed by atoms with van der Waals surface area (Å²) in [5, 5.41) is 0.